The van der Waals surface area contributed by atoms with Crippen molar-refractivity contribution in [3.8, 4) is 0 Å². The first-order chi connectivity index (χ1) is 8.43. The first-order valence-corrected chi connectivity index (χ1v) is 7.94. The van der Waals surface area contributed by atoms with Gasteiger partial charge in [-0.05, 0) is 44.1 Å². The maximum absolute atomic E-state index is 12.5. The van der Waals surface area contributed by atoms with Crippen molar-refractivity contribution in [1.82, 2.24) is 4.31 Å². The highest BCUT2D eigenvalue weighted by Crippen LogP contribution is 2.51. The normalized spacial score (nSPS) is 27.6. The van der Waals surface area contributed by atoms with E-state index in [9.17, 15) is 8.42 Å². The maximum Gasteiger partial charge on any atom is 0.276 e. The highest BCUT2D eigenvalue weighted by atomic mass is 32.2. The third-order valence-electron chi connectivity index (χ3n) is 4.39. The van der Waals surface area contributed by atoms with Crippen LogP contribution in [-0.4, -0.2) is 25.3 Å². The third kappa shape index (κ3) is 1.72. The van der Waals surface area contributed by atoms with Crippen molar-refractivity contribution in [2.45, 2.75) is 50.7 Å². The SMILES string of the molecule is Cc1coc(S(=O)(=O)N2CC3(CCC3)CC2C)c1. The summed E-state index contributed by atoms with van der Waals surface area (Å²) >= 11 is 0. The van der Waals surface area contributed by atoms with Gasteiger partial charge in [-0.2, -0.15) is 4.31 Å². The molecule has 0 amide bonds. The molecule has 1 spiro atoms. The fraction of sp³-hybridized carbons (Fsp3) is 0.692. The maximum atomic E-state index is 12.5. The van der Waals surface area contributed by atoms with Gasteiger partial charge >= 0.3 is 0 Å². The van der Waals surface area contributed by atoms with E-state index in [0.717, 1.165) is 12.0 Å². The predicted molar refractivity (Wildman–Crippen MR) is 67.7 cm³/mol. The van der Waals surface area contributed by atoms with Crippen molar-refractivity contribution in [2.75, 3.05) is 6.54 Å². The second-order valence-corrected chi connectivity index (χ2v) is 7.72. The van der Waals surface area contributed by atoms with Gasteiger partial charge in [-0.25, -0.2) is 8.42 Å². The summed E-state index contributed by atoms with van der Waals surface area (Å²) in [5.41, 5.74) is 1.10. The van der Waals surface area contributed by atoms with Crippen LogP contribution in [0.4, 0.5) is 0 Å². The average molecular weight is 269 g/mol. The van der Waals surface area contributed by atoms with Crippen LogP contribution < -0.4 is 0 Å². The van der Waals surface area contributed by atoms with Crippen LogP contribution in [-0.2, 0) is 10.0 Å². The van der Waals surface area contributed by atoms with Crippen molar-refractivity contribution < 1.29 is 12.8 Å². The third-order valence-corrected chi connectivity index (χ3v) is 6.22. The van der Waals surface area contributed by atoms with E-state index in [1.165, 1.54) is 25.5 Å². The molecule has 1 atom stereocenters. The molecule has 5 heteroatoms. The Kier molecular flexibility index (Phi) is 2.61. The van der Waals surface area contributed by atoms with Gasteiger partial charge in [0.15, 0.2) is 0 Å². The van der Waals surface area contributed by atoms with Crippen molar-refractivity contribution in [3.05, 3.63) is 17.9 Å². The predicted octanol–water partition coefficient (Wildman–Crippen LogP) is 2.54. The van der Waals surface area contributed by atoms with Gasteiger partial charge in [0, 0.05) is 18.7 Å². The summed E-state index contributed by atoms with van der Waals surface area (Å²) in [7, 11) is -3.45. The Balaban J connectivity index is 1.90. The van der Waals surface area contributed by atoms with E-state index in [2.05, 4.69) is 0 Å². The standard InChI is InChI=1S/C13H19NO3S/c1-10-6-12(17-8-10)18(15,16)14-9-13(4-3-5-13)7-11(14)2/h6,8,11H,3-5,7,9H2,1-2H3. The van der Waals surface area contributed by atoms with Crippen LogP contribution in [0.25, 0.3) is 0 Å². The molecule has 18 heavy (non-hydrogen) atoms. The number of sulfonamides is 1. The highest BCUT2D eigenvalue weighted by Gasteiger charge is 2.50. The van der Waals surface area contributed by atoms with Gasteiger partial charge in [0.25, 0.3) is 10.0 Å². The number of rotatable bonds is 2. The first-order valence-electron chi connectivity index (χ1n) is 6.50. The van der Waals surface area contributed by atoms with Gasteiger partial charge in [-0.3, -0.25) is 0 Å². The lowest BCUT2D eigenvalue weighted by Gasteiger charge is -2.37. The molecule has 2 fully saturated rings. The Morgan fingerprint density at radius 3 is 2.61 bits per heavy atom. The van der Waals surface area contributed by atoms with Gasteiger partial charge in [0.2, 0.25) is 5.09 Å². The summed E-state index contributed by atoms with van der Waals surface area (Å²) in [6.07, 6.45) is 6.06. The van der Waals surface area contributed by atoms with E-state index in [1.807, 2.05) is 13.8 Å². The van der Waals surface area contributed by atoms with E-state index in [4.69, 9.17) is 4.42 Å². The lowest BCUT2D eigenvalue weighted by molar-refractivity contribution is 0.152. The van der Waals surface area contributed by atoms with Crippen molar-refractivity contribution >= 4 is 10.0 Å². The average Bonchev–Trinajstić information content (AvgIpc) is 2.81. The van der Waals surface area contributed by atoms with Gasteiger partial charge < -0.3 is 4.42 Å². The van der Waals surface area contributed by atoms with E-state index < -0.39 is 10.0 Å². The molecule has 1 saturated carbocycles. The van der Waals surface area contributed by atoms with E-state index in [-0.39, 0.29) is 16.5 Å². The largest absolute Gasteiger partial charge is 0.451 e. The molecular weight excluding hydrogens is 250 g/mol. The lowest BCUT2D eigenvalue weighted by Crippen LogP contribution is -2.37. The van der Waals surface area contributed by atoms with Crippen molar-refractivity contribution in [1.29, 1.82) is 0 Å². The molecule has 1 aromatic heterocycles. The van der Waals surface area contributed by atoms with Crippen LogP contribution in [0.1, 0.15) is 38.2 Å². The zero-order valence-corrected chi connectivity index (χ0v) is 11.7. The second kappa shape index (κ2) is 3.84. The number of hydrogen-bond acceptors (Lipinski definition) is 3. The molecular formula is C13H19NO3S. The first kappa shape index (κ1) is 12.2. The Labute approximate surface area is 108 Å². The van der Waals surface area contributed by atoms with Gasteiger partial charge in [0.1, 0.15) is 0 Å². The van der Waals surface area contributed by atoms with Crippen LogP contribution in [0.5, 0.6) is 0 Å². The molecule has 3 rings (SSSR count). The van der Waals surface area contributed by atoms with Gasteiger partial charge in [0.05, 0.1) is 6.26 Å². The number of aryl methyl sites for hydroxylation is 1. The smallest absolute Gasteiger partial charge is 0.276 e. The molecule has 1 aliphatic heterocycles. The number of furan rings is 1. The second-order valence-electron chi connectivity index (χ2n) is 5.90. The van der Waals surface area contributed by atoms with Crippen molar-refractivity contribution in [3.63, 3.8) is 0 Å². The molecule has 0 aromatic carbocycles. The van der Waals surface area contributed by atoms with Crippen LogP contribution in [0.15, 0.2) is 21.8 Å². The summed E-state index contributed by atoms with van der Waals surface area (Å²) in [4.78, 5) is 0. The number of hydrogen-bond donors (Lipinski definition) is 0. The summed E-state index contributed by atoms with van der Waals surface area (Å²) in [6.45, 7) is 4.50. The minimum Gasteiger partial charge on any atom is -0.451 e. The van der Waals surface area contributed by atoms with Crippen molar-refractivity contribution in [2.24, 2.45) is 5.41 Å². The Morgan fingerprint density at radius 2 is 2.17 bits per heavy atom. The monoisotopic (exact) mass is 269 g/mol. The molecule has 1 aliphatic carbocycles. The van der Waals surface area contributed by atoms with E-state index >= 15 is 0 Å². The zero-order chi connectivity index (χ0) is 13.0. The summed E-state index contributed by atoms with van der Waals surface area (Å²) in [5.74, 6) is 0. The number of nitrogens with zero attached hydrogens (tertiary/aromatic N) is 1. The molecule has 0 bridgehead atoms. The quantitative estimate of drug-likeness (QED) is 0.829. The summed E-state index contributed by atoms with van der Waals surface area (Å²) in [5, 5.41) is 0.0863. The molecule has 4 nitrogen and oxygen atoms in total. The van der Waals surface area contributed by atoms with E-state index in [0.29, 0.717) is 6.54 Å². The zero-order valence-electron chi connectivity index (χ0n) is 10.8. The molecule has 1 aromatic rings. The topological polar surface area (TPSA) is 50.5 Å². The Hall–Kier alpha value is -0.810. The van der Waals surface area contributed by atoms with Gasteiger partial charge in [-0.15, -0.1) is 0 Å². The molecule has 0 radical (unpaired) electrons. The fourth-order valence-corrected chi connectivity index (χ4v) is 5.02. The minimum atomic E-state index is -3.45. The van der Waals surface area contributed by atoms with Gasteiger partial charge in [-0.1, -0.05) is 6.42 Å². The highest BCUT2D eigenvalue weighted by molar-refractivity contribution is 7.89. The fourth-order valence-electron chi connectivity index (χ4n) is 3.30. The summed E-state index contributed by atoms with van der Waals surface area (Å²) in [6, 6.07) is 1.69. The van der Waals surface area contributed by atoms with Crippen LogP contribution in [0.3, 0.4) is 0 Å². The van der Waals surface area contributed by atoms with Crippen LogP contribution in [0.2, 0.25) is 0 Å². The van der Waals surface area contributed by atoms with Crippen LogP contribution >= 0.6 is 0 Å². The van der Waals surface area contributed by atoms with Crippen LogP contribution in [0, 0.1) is 12.3 Å². The molecule has 1 saturated heterocycles. The van der Waals surface area contributed by atoms with E-state index in [1.54, 1.807) is 10.4 Å². The molecule has 100 valence electrons. The minimum absolute atomic E-state index is 0.0840. The molecule has 2 aliphatic rings. The molecule has 1 unspecified atom stereocenters. The Morgan fingerprint density at radius 1 is 1.44 bits per heavy atom. The lowest BCUT2D eigenvalue weighted by atomic mass is 9.68. The molecule has 2 heterocycles. The molecule has 0 N–H and O–H groups in total. The Bertz CT molecular complexity index is 557. The summed E-state index contributed by atoms with van der Waals surface area (Å²) < 4.78 is 31.8.